The minimum absolute atomic E-state index is 0.181. The molecule has 1 aliphatic carbocycles. The maximum absolute atomic E-state index is 13.2. The third-order valence-corrected chi connectivity index (χ3v) is 9.44. The zero-order valence-corrected chi connectivity index (χ0v) is 24.3. The van der Waals surface area contributed by atoms with E-state index in [-0.39, 0.29) is 12.1 Å². The Bertz CT molecular complexity index is 1230. The van der Waals surface area contributed by atoms with Gasteiger partial charge in [0.2, 0.25) is 0 Å². The number of nitrogens with zero attached hydrogens (tertiary/aromatic N) is 2. The van der Waals surface area contributed by atoms with Crippen molar-refractivity contribution in [2.75, 3.05) is 19.6 Å². The smallest absolute Gasteiger partial charge is 0.315 e. The van der Waals surface area contributed by atoms with E-state index >= 15 is 0 Å². The molecule has 41 heavy (non-hydrogen) atoms. The van der Waals surface area contributed by atoms with Gasteiger partial charge in [-0.25, -0.2) is 4.79 Å². The first-order valence-electron chi connectivity index (χ1n) is 15.4. The zero-order valence-electron chi connectivity index (χ0n) is 24.3. The average Bonchev–Trinajstić information content (AvgIpc) is 3.03. The van der Waals surface area contributed by atoms with Gasteiger partial charge < -0.3 is 15.5 Å². The van der Waals surface area contributed by atoms with Gasteiger partial charge in [0, 0.05) is 12.6 Å². The van der Waals surface area contributed by atoms with Crippen molar-refractivity contribution >= 4 is 6.03 Å². The molecule has 1 aliphatic heterocycles. The Morgan fingerprint density at radius 2 is 1.49 bits per heavy atom. The van der Waals surface area contributed by atoms with E-state index in [0.717, 1.165) is 42.7 Å². The van der Waals surface area contributed by atoms with E-state index in [1.165, 1.54) is 44.5 Å². The van der Waals surface area contributed by atoms with Crippen LogP contribution in [0.1, 0.15) is 74.5 Å². The molecule has 1 saturated heterocycles. The number of urea groups is 1. The van der Waals surface area contributed by atoms with Crippen molar-refractivity contribution in [1.29, 1.82) is 5.26 Å². The Hall–Kier alpha value is -3.62. The highest BCUT2D eigenvalue weighted by atomic mass is 16.2. The van der Waals surface area contributed by atoms with Gasteiger partial charge in [0.25, 0.3) is 0 Å². The summed E-state index contributed by atoms with van der Waals surface area (Å²) in [5.74, 6) is 1.39. The lowest BCUT2D eigenvalue weighted by Crippen LogP contribution is -2.53. The fourth-order valence-electron chi connectivity index (χ4n) is 7.04. The highest BCUT2D eigenvalue weighted by molar-refractivity contribution is 5.75. The number of nitriles is 1. The normalized spacial score (nSPS) is 22.3. The van der Waals surface area contributed by atoms with Crippen molar-refractivity contribution < 1.29 is 4.79 Å². The molecule has 0 aromatic heterocycles. The van der Waals surface area contributed by atoms with Gasteiger partial charge in [0.1, 0.15) is 5.41 Å². The molecule has 3 aromatic carbocycles. The molecule has 0 bridgehead atoms. The predicted octanol–water partition coefficient (Wildman–Crippen LogP) is 7.01. The van der Waals surface area contributed by atoms with Gasteiger partial charge in [0.05, 0.1) is 12.1 Å². The van der Waals surface area contributed by atoms with Crippen LogP contribution in [-0.2, 0) is 5.41 Å². The number of carbonyl (C=O) groups excluding carboxylic acids is 1. The number of rotatable bonds is 9. The summed E-state index contributed by atoms with van der Waals surface area (Å²) in [5.41, 5.74) is 2.26. The summed E-state index contributed by atoms with van der Waals surface area (Å²) >= 11 is 0. The third kappa shape index (κ3) is 7.00. The highest BCUT2D eigenvalue weighted by Crippen LogP contribution is 2.35. The molecule has 1 saturated carbocycles. The molecular formula is C36H44N4O. The van der Waals surface area contributed by atoms with Gasteiger partial charge >= 0.3 is 6.03 Å². The van der Waals surface area contributed by atoms with Crippen molar-refractivity contribution in [2.45, 2.75) is 75.3 Å². The summed E-state index contributed by atoms with van der Waals surface area (Å²) in [7, 11) is 0. The lowest BCUT2D eigenvalue weighted by Gasteiger charge is -2.36. The molecule has 5 heteroatoms. The van der Waals surface area contributed by atoms with E-state index in [1.807, 2.05) is 67.6 Å². The Labute approximate surface area is 246 Å². The monoisotopic (exact) mass is 548 g/mol. The average molecular weight is 549 g/mol. The van der Waals surface area contributed by atoms with Crippen molar-refractivity contribution in [2.24, 2.45) is 5.92 Å². The molecule has 0 radical (unpaired) electrons. The highest BCUT2D eigenvalue weighted by Gasteiger charge is 2.41. The molecule has 1 heterocycles. The van der Waals surface area contributed by atoms with Crippen molar-refractivity contribution in [3.05, 3.63) is 108 Å². The van der Waals surface area contributed by atoms with Gasteiger partial charge in [-0.1, -0.05) is 91.0 Å². The second-order valence-electron chi connectivity index (χ2n) is 12.0. The maximum Gasteiger partial charge on any atom is 0.315 e. The van der Waals surface area contributed by atoms with Crippen LogP contribution < -0.4 is 10.6 Å². The van der Waals surface area contributed by atoms with E-state index in [1.54, 1.807) is 0 Å². The maximum atomic E-state index is 13.2. The molecule has 3 aromatic rings. The molecule has 2 fully saturated rings. The molecule has 0 spiro atoms. The van der Waals surface area contributed by atoms with E-state index in [0.29, 0.717) is 5.92 Å². The van der Waals surface area contributed by atoms with Crippen molar-refractivity contribution in [1.82, 2.24) is 15.5 Å². The topological polar surface area (TPSA) is 68.2 Å². The van der Waals surface area contributed by atoms with Crippen molar-refractivity contribution in [3.8, 4) is 6.07 Å². The molecular weight excluding hydrogens is 504 g/mol. The van der Waals surface area contributed by atoms with Crippen LogP contribution in [-0.4, -0.2) is 42.6 Å². The second kappa shape index (κ2) is 13.8. The Balaban J connectivity index is 1.10. The summed E-state index contributed by atoms with van der Waals surface area (Å²) in [5, 5.41) is 16.9. The van der Waals surface area contributed by atoms with Crippen LogP contribution >= 0.6 is 0 Å². The van der Waals surface area contributed by atoms with Crippen LogP contribution in [0.4, 0.5) is 4.79 Å². The summed E-state index contributed by atoms with van der Waals surface area (Å²) in [6.07, 6.45) is 8.17. The second-order valence-corrected chi connectivity index (χ2v) is 12.0. The fourth-order valence-corrected chi connectivity index (χ4v) is 7.04. The van der Waals surface area contributed by atoms with E-state index < -0.39 is 11.5 Å². The first kappa shape index (κ1) is 28.9. The van der Waals surface area contributed by atoms with Gasteiger partial charge in [-0.05, 0) is 93.5 Å². The number of benzene rings is 3. The number of likely N-dealkylation sites (tertiary alicyclic amines) is 1. The van der Waals surface area contributed by atoms with Gasteiger partial charge in [-0.3, -0.25) is 0 Å². The number of amides is 2. The number of nitrogens with one attached hydrogen (secondary N) is 2. The summed E-state index contributed by atoms with van der Waals surface area (Å²) in [4.78, 5) is 15.8. The zero-order chi connectivity index (χ0) is 28.5. The number of piperidine rings is 1. The van der Waals surface area contributed by atoms with Crippen LogP contribution in [0.2, 0.25) is 0 Å². The molecule has 5 rings (SSSR count). The van der Waals surface area contributed by atoms with E-state index in [4.69, 9.17) is 0 Å². The largest absolute Gasteiger partial charge is 0.335 e. The minimum Gasteiger partial charge on any atom is -0.335 e. The summed E-state index contributed by atoms with van der Waals surface area (Å²) in [6.45, 7) is 5.51. The summed E-state index contributed by atoms with van der Waals surface area (Å²) in [6, 6.07) is 32.7. The lowest BCUT2D eigenvalue weighted by molar-refractivity contribution is 0.179. The SMILES string of the molecule is C[C@H](NC(=O)NC1CCC(CCN2CCCC(c3ccccc3)C2)CC1)C(C#N)(c1ccccc1)c1ccccc1. The molecule has 1 unspecified atom stereocenters. The standard InChI is InChI=1S/C36H44N4O/c1-28(36(27-37,32-15-7-3-8-16-32)33-17-9-4-10-18-33)38-35(41)39-34-21-19-29(20-22-34)23-25-40-24-11-14-31(26-40)30-12-5-2-6-13-30/h2-10,12-13,15-18,28-29,31,34H,11,14,19-26H2,1H3,(H2,38,39,41)/t28-,29?,31?,34?/m0/s1. The van der Waals surface area contributed by atoms with Crippen molar-refractivity contribution in [3.63, 3.8) is 0 Å². The van der Waals surface area contributed by atoms with Crippen LogP contribution in [0.3, 0.4) is 0 Å². The molecule has 214 valence electrons. The van der Waals surface area contributed by atoms with E-state index in [2.05, 4.69) is 51.9 Å². The first-order valence-corrected chi connectivity index (χ1v) is 15.4. The molecule has 2 N–H and O–H groups in total. The molecule has 2 aliphatic rings. The first-order chi connectivity index (χ1) is 20.1. The molecule has 5 nitrogen and oxygen atoms in total. The van der Waals surface area contributed by atoms with Crippen LogP contribution in [0.25, 0.3) is 0 Å². The van der Waals surface area contributed by atoms with E-state index in [9.17, 15) is 10.1 Å². The minimum atomic E-state index is -0.981. The quantitative estimate of drug-likeness (QED) is 0.302. The molecule has 2 atom stereocenters. The van der Waals surface area contributed by atoms with Crippen LogP contribution in [0.5, 0.6) is 0 Å². The van der Waals surface area contributed by atoms with Crippen LogP contribution in [0, 0.1) is 17.2 Å². The van der Waals surface area contributed by atoms with Gasteiger partial charge in [-0.15, -0.1) is 0 Å². The number of hydrogen-bond acceptors (Lipinski definition) is 3. The Morgan fingerprint density at radius 3 is 2.07 bits per heavy atom. The Kier molecular flexibility index (Phi) is 9.75. The lowest BCUT2D eigenvalue weighted by atomic mass is 9.70. The molecule has 2 amide bonds. The number of carbonyl (C=O) groups is 1. The Morgan fingerprint density at radius 1 is 0.902 bits per heavy atom. The fraction of sp³-hybridized carbons (Fsp3) is 0.444. The third-order valence-electron chi connectivity index (χ3n) is 9.44. The van der Waals surface area contributed by atoms with Crippen LogP contribution in [0.15, 0.2) is 91.0 Å². The van der Waals surface area contributed by atoms with Gasteiger partial charge in [0.15, 0.2) is 0 Å². The van der Waals surface area contributed by atoms with Gasteiger partial charge in [-0.2, -0.15) is 5.26 Å². The predicted molar refractivity (Wildman–Crippen MR) is 166 cm³/mol. The summed E-state index contributed by atoms with van der Waals surface area (Å²) < 4.78 is 0. The number of hydrogen-bond donors (Lipinski definition) is 2.